The van der Waals surface area contributed by atoms with Crippen LogP contribution >= 0.6 is 0 Å². The van der Waals surface area contributed by atoms with Crippen molar-refractivity contribution in [3.63, 3.8) is 0 Å². The summed E-state index contributed by atoms with van der Waals surface area (Å²) in [7, 11) is 4.14. The molecule has 0 aliphatic carbocycles. The number of rotatable bonds is 8. The van der Waals surface area contributed by atoms with Crippen LogP contribution in [-0.2, 0) is 13.0 Å². The number of carbonyl (C=O) groups is 1. The highest BCUT2D eigenvalue weighted by molar-refractivity contribution is 5.92. The van der Waals surface area contributed by atoms with Crippen molar-refractivity contribution in [3.8, 4) is 22.6 Å². The van der Waals surface area contributed by atoms with Crippen molar-refractivity contribution in [2.24, 2.45) is 0 Å². The molecule has 31 heavy (non-hydrogen) atoms. The molecule has 2 heterocycles. The zero-order valence-electron chi connectivity index (χ0n) is 17.8. The van der Waals surface area contributed by atoms with E-state index < -0.39 is 0 Å². The predicted molar refractivity (Wildman–Crippen MR) is 122 cm³/mol. The molecule has 0 aliphatic rings. The Balaban J connectivity index is 1.35. The maximum absolute atomic E-state index is 12.5. The van der Waals surface area contributed by atoms with Crippen molar-refractivity contribution in [2.75, 3.05) is 14.1 Å². The summed E-state index contributed by atoms with van der Waals surface area (Å²) in [6.45, 7) is 0.932. The van der Waals surface area contributed by atoms with E-state index in [9.17, 15) is 4.79 Å². The van der Waals surface area contributed by atoms with Gasteiger partial charge >= 0.3 is 0 Å². The zero-order valence-corrected chi connectivity index (χ0v) is 17.8. The fraction of sp³-hybridized carbons (Fsp3) is 0.192. The fourth-order valence-electron chi connectivity index (χ4n) is 3.43. The Morgan fingerprint density at radius 2 is 1.55 bits per heavy atom. The average molecular weight is 412 g/mol. The molecule has 0 fully saturated rings. The van der Waals surface area contributed by atoms with Gasteiger partial charge in [0.1, 0.15) is 5.69 Å². The van der Waals surface area contributed by atoms with Crippen LogP contribution in [0.5, 0.6) is 0 Å². The Hall–Kier alpha value is -3.57. The summed E-state index contributed by atoms with van der Waals surface area (Å²) < 4.78 is 5.60. The van der Waals surface area contributed by atoms with E-state index in [1.54, 1.807) is 12.4 Å². The van der Waals surface area contributed by atoms with Gasteiger partial charge in [-0.3, -0.25) is 9.78 Å². The largest absolute Gasteiger partial charge is 0.432 e. The van der Waals surface area contributed by atoms with E-state index in [-0.39, 0.29) is 11.7 Å². The molecule has 0 amide bonds. The van der Waals surface area contributed by atoms with Crippen LogP contribution in [-0.4, -0.2) is 34.7 Å². The smallest absolute Gasteiger partial charge is 0.263 e. The first kappa shape index (κ1) is 20.7. The van der Waals surface area contributed by atoms with Gasteiger partial charge in [-0.2, -0.15) is 0 Å². The first-order chi connectivity index (χ1) is 15.1. The van der Waals surface area contributed by atoms with Gasteiger partial charge in [-0.05, 0) is 54.9 Å². The van der Waals surface area contributed by atoms with E-state index in [1.165, 1.54) is 16.7 Å². The van der Waals surface area contributed by atoms with Gasteiger partial charge in [0.25, 0.3) is 5.89 Å². The predicted octanol–water partition coefficient (Wildman–Crippen LogP) is 5.28. The minimum atomic E-state index is -0.109. The van der Waals surface area contributed by atoms with Gasteiger partial charge in [-0.1, -0.05) is 54.6 Å². The number of hydrogen-bond acceptors (Lipinski definition) is 5. The number of hydrogen-bond donors (Lipinski definition) is 0. The molecule has 0 spiro atoms. The first-order valence-corrected chi connectivity index (χ1v) is 10.3. The van der Waals surface area contributed by atoms with Crippen LogP contribution in [0.4, 0.5) is 0 Å². The molecule has 0 saturated carbocycles. The van der Waals surface area contributed by atoms with Crippen molar-refractivity contribution in [1.29, 1.82) is 0 Å². The number of carbonyl (C=O) groups excluding carboxylic acids is 1. The van der Waals surface area contributed by atoms with Crippen LogP contribution < -0.4 is 0 Å². The summed E-state index contributed by atoms with van der Waals surface area (Å²) in [5, 5.41) is 0. The summed E-state index contributed by atoms with van der Waals surface area (Å²) in [5.74, 6) is 0.530. The molecule has 4 rings (SSSR count). The third kappa shape index (κ3) is 5.32. The zero-order chi connectivity index (χ0) is 21.6. The average Bonchev–Trinajstić information content (AvgIpc) is 3.29. The third-order valence-corrected chi connectivity index (χ3v) is 5.04. The Kier molecular flexibility index (Phi) is 6.34. The summed E-state index contributed by atoms with van der Waals surface area (Å²) >= 11 is 0. The number of aryl methyl sites for hydroxylation is 1. The number of benzene rings is 2. The van der Waals surface area contributed by atoms with Crippen molar-refractivity contribution in [1.82, 2.24) is 14.9 Å². The van der Waals surface area contributed by atoms with Gasteiger partial charge in [0.2, 0.25) is 5.78 Å². The molecule has 156 valence electrons. The van der Waals surface area contributed by atoms with Gasteiger partial charge in [0.05, 0.1) is 6.20 Å². The first-order valence-electron chi connectivity index (χ1n) is 10.3. The molecule has 0 saturated heterocycles. The number of Topliss-reactive ketones (excluding diaryl/α,β-unsaturated/α-hetero) is 1. The lowest BCUT2D eigenvalue weighted by Crippen LogP contribution is -2.10. The van der Waals surface area contributed by atoms with E-state index >= 15 is 0 Å². The molecule has 0 atom stereocenters. The van der Waals surface area contributed by atoms with E-state index in [0.717, 1.165) is 12.1 Å². The number of aromatic nitrogens is 2. The molecule has 0 unspecified atom stereocenters. The molecule has 0 radical (unpaired) electrons. The minimum absolute atomic E-state index is 0.109. The second-order valence-electron chi connectivity index (χ2n) is 7.80. The molecule has 5 heteroatoms. The Morgan fingerprint density at radius 3 is 2.16 bits per heavy atom. The van der Waals surface area contributed by atoms with Crippen LogP contribution in [0.15, 0.2) is 83.5 Å². The van der Waals surface area contributed by atoms with Crippen molar-refractivity contribution >= 4 is 5.78 Å². The summed E-state index contributed by atoms with van der Waals surface area (Å²) in [5.41, 5.74) is 5.42. The maximum atomic E-state index is 12.5. The number of pyridine rings is 1. The van der Waals surface area contributed by atoms with Crippen molar-refractivity contribution in [2.45, 2.75) is 19.4 Å². The standard InChI is InChI=1S/C26H25N3O2/c1-29(2)18-20-8-13-22(14-9-20)21-11-6-19(7-12-21)10-15-24(30)26-28-17-25(31-26)23-5-3-4-16-27-23/h3-9,11-14,16-17H,10,15,18H2,1-2H3. The lowest BCUT2D eigenvalue weighted by Gasteiger charge is -2.10. The molecule has 2 aromatic carbocycles. The van der Waals surface area contributed by atoms with Crippen LogP contribution in [0.3, 0.4) is 0 Å². The van der Waals surface area contributed by atoms with Gasteiger partial charge in [0, 0.05) is 19.2 Å². The van der Waals surface area contributed by atoms with Gasteiger partial charge < -0.3 is 9.32 Å². The van der Waals surface area contributed by atoms with Crippen molar-refractivity contribution in [3.05, 3.63) is 96.1 Å². The van der Waals surface area contributed by atoms with E-state index in [0.29, 0.717) is 24.3 Å². The minimum Gasteiger partial charge on any atom is -0.432 e. The van der Waals surface area contributed by atoms with Gasteiger partial charge in [0.15, 0.2) is 5.76 Å². The fourth-order valence-corrected chi connectivity index (χ4v) is 3.43. The molecular formula is C26H25N3O2. The maximum Gasteiger partial charge on any atom is 0.263 e. The summed E-state index contributed by atoms with van der Waals surface area (Å²) in [6.07, 6.45) is 4.22. The Labute approximate surface area is 182 Å². The molecular weight excluding hydrogens is 386 g/mol. The van der Waals surface area contributed by atoms with Crippen molar-refractivity contribution < 1.29 is 9.21 Å². The molecule has 0 N–H and O–H groups in total. The number of oxazole rings is 1. The molecule has 2 aromatic heterocycles. The second-order valence-corrected chi connectivity index (χ2v) is 7.80. The highest BCUT2D eigenvalue weighted by Gasteiger charge is 2.14. The van der Waals surface area contributed by atoms with Gasteiger partial charge in [-0.25, -0.2) is 4.98 Å². The monoisotopic (exact) mass is 411 g/mol. The number of nitrogens with zero attached hydrogens (tertiary/aromatic N) is 3. The van der Waals surface area contributed by atoms with E-state index in [2.05, 4.69) is 77.5 Å². The number of ketones is 1. The topological polar surface area (TPSA) is 59.2 Å². The molecule has 0 aliphatic heterocycles. The molecule has 0 bridgehead atoms. The lowest BCUT2D eigenvalue weighted by molar-refractivity contribution is 0.0950. The second kappa shape index (κ2) is 9.49. The summed E-state index contributed by atoms with van der Waals surface area (Å²) in [4.78, 5) is 23.0. The highest BCUT2D eigenvalue weighted by Crippen LogP contribution is 2.22. The van der Waals surface area contributed by atoms with Crippen LogP contribution in [0.25, 0.3) is 22.6 Å². The Morgan fingerprint density at radius 1 is 0.871 bits per heavy atom. The van der Waals surface area contributed by atoms with Gasteiger partial charge in [-0.15, -0.1) is 0 Å². The van der Waals surface area contributed by atoms with Crippen LogP contribution in [0.2, 0.25) is 0 Å². The summed E-state index contributed by atoms with van der Waals surface area (Å²) in [6, 6.07) is 22.5. The molecule has 5 nitrogen and oxygen atoms in total. The van der Waals surface area contributed by atoms with Crippen LogP contribution in [0, 0.1) is 0 Å². The highest BCUT2D eigenvalue weighted by atomic mass is 16.4. The lowest BCUT2D eigenvalue weighted by atomic mass is 10.0. The van der Waals surface area contributed by atoms with E-state index in [4.69, 9.17) is 4.42 Å². The Bertz CT molecular complexity index is 1130. The van der Waals surface area contributed by atoms with Crippen LogP contribution in [0.1, 0.15) is 28.2 Å². The van der Waals surface area contributed by atoms with E-state index in [1.807, 2.05) is 18.2 Å². The quantitative estimate of drug-likeness (QED) is 0.369. The molecule has 4 aromatic rings. The normalized spacial score (nSPS) is 11.1. The SMILES string of the molecule is CN(C)Cc1ccc(-c2ccc(CCC(=O)c3ncc(-c4ccccn4)o3)cc2)cc1. The third-order valence-electron chi connectivity index (χ3n) is 5.04.